The predicted molar refractivity (Wildman–Crippen MR) is 227 cm³/mol. The quantitative estimate of drug-likeness (QED) is 0.0870. The number of anilines is 1. The number of carbonyl (C=O) groups excluding carboxylic acids is 6. The molecule has 4 aromatic rings. The summed E-state index contributed by atoms with van der Waals surface area (Å²) in [5, 5.41) is 18.5. The molecule has 318 valence electrons. The minimum absolute atomic E-state index is 0.0371. The zero-order chi connectivity index (χ0) is 44.3. The number of carbonyl (C=O) groups is 6. The number of primary amides is 1. The molecule has 0 unspecified atom stereocenters. The lowest BCUT2D eigenvalue weighted by molar-refractivity contribution is -0.178. The van der Waals surface area contributed by atoms with Crippen LogP contribution in [0.1, 0.15) is 59.9 Å². The molecule has 2 saturated heterocycles. The van der Waals surface area contributed by atoms with Crippen molar-refractivity contribution in [3.05, 3.63) is 144 Å². The maximum atomic E-state index is 16.2. The number of aromatic hydroxyl groups is 1. The number of methoxy groups -OCH3 is 1. The van der Waals surface area contributed by atoms with Crippen molar-refractivity contribution in [3.63, 3.8) is 0 Å². The number of nitrogens with two attached hydrogens (primary N) is 1. The lowest BCUT2D eigenvalue weighted by Crippen LogP contribution is -2.57. The SMILES string of the molecule is C=CCNC(=O)[C@H]1[C@@H]2C(=O)O[C@@H](c3ccccc3)[C@@H](c3ccccc3)N2[C@@H](c2ccc(O)cc2)[C@]12C(=O)N(C(=O)N[C@H](C(=O)OC)C(C)C)c1ccc(C#CCNC(N)=O)cc12. The molecule has 7 atom stereocenters. The highest BCUT2D eigenvalue weighted by atomic mass is 16.6. The average molecular weight is 839 g/mol. The first-order valence-corrected chi connectivity index (χ1v) is 20.0. The Labute approximate surface area is 358 Å². The molecule has 7 rings (SSSR count). The van der Waals surface area contributed by atoms with Gasteiger partial charge in [0.25, 0.3) is 0 Å². The molecule has 3 aliphatic rings. The van der Waals surface area contributed by atoms with Crippen molar-refractivity contribution in [1.82, 2.24) is 20.9 Å². The highest BCUT2D eigenvalue weighted by Crippen LogP contribution is 2.66. The number of rotatable bonds is 10. The van der Waals surface area contributed by atoms with Gasteiger partial charge in [0.2, 0.25) is 11.8 Å². The number of amides is 6. The van der Waals surface area contributed by atoms with Crippen molar-refractivity contribution < 1.29 is 43.3 Å². The smallest absolute Gasteiger partial charge is 0.329 e. The summed E-state index contributed by atoms with van der Waals surface area (Å²) in [7, 11) is 1.19. The number of esters is 2. The van der Waals surface area contributed by atoms with Crippen LogP contribution in [0.15, 0.2) is 116 Å². The molecular weight excluding hydrogens is 793 g/mol. The maximum absolute atomic E-state index is 16.2. The van der Waals surface area contributed by atoms with Crippen molar-refractivity contribution in [2.45, 2.75) is 49.5 Å². The minimum atomic E-state index is -2.11. The monoisotopic (exact) mass is 838 g/mol. The first kappa shape index (κ1) is 42.7. The number of hydrogen-bond donors (Lipinski definition) is 5. The van der Waals surface area contributed by atoms with E-state index >= 15 is 14.4 Å². The van der Waals surface area contributed by atoms with E-state index in [1.165, 1.54) is 31.4 Å². The second-order valence-corrected chi connectivity index (χ2v) is 15.5. The summed E-state index contributed by atoms with van der Waals surface area (Å²) >= 11 is 0. The number of morpholine rings is 1. The molecule has 6 amide bonds. The van der Waals surface area contributed by atoms with E-state index in [2.05, 4.69) is 34.4 Å². The third-order valence-corrected chi connectivity index (χ3v) is 11.6. The average Bonchev–Trinajstić information content (AvgIpc) is 3.72. The summed E-state index contributed by atoms with van der Waals surface area (Å²) in [6, 6.07) is 22.7. The topological polar surface area (TPSA) is 210 Å². The van der Waals surface area contributed by atoms with Gasteiger partial charge in [-0.1, -0.05) is 105 Å². The second kappa shape index (κ2) is 17.6. The molecule has 62 heavy (non-hydrogen) atoms. The van der Waals surface area contributed by atoms with Crippen LogP contribution in [-0.4, -0.2) is 78.1 Å². The largest absolute Gasteiger partial charge is 0.508 e. The number of ether oxygens (including phenoxy) is 2. The third-order valence-electron chi connectivity index (χ3n) is 11.6. The van der Waals surface area contributed by atoms with Gasteiger partial charge in [0.15, 0.2) is 0 Å². The van der Waals surface area contributed by atoms with Crippen LogP contribution >= 0.6 is 0 Å². The normalized spacial score (nSPS) is 23.0. The van der Waals surface area contributed by atoms with Gasteiger partial charge in [-0.3, -0.25) is 19.3 Å². The fourth-order valence-electron chi connectivity index (χ4n) is 9.02. The summed E-state index contributed by atoms with van der Waals surface area (Å²) in [6.07, 6.45) is 0.509. The van der Waals surface area contributed by atoms with Crippen LogP contribution in [0.4, 0.5) is 15.3 Å². The van der Waals surface area contributed by atoms with Crippen LogP contribution in [0.3, 0.4) is 0 Å². The van der Waals surface area contributed by atoms with Gasteiger partial charge in [0.05, 0.1) is 37.3 Å². The summed E-state index contributed by atoms with van der Waals surface area (Å²) in [5.74, 6) is 0.560. The number of phenolic OH excluding ortho intramolecular Hbond substituents is 1. The van der Waals surface area contributed by atoms with Crippen molar-refractivity contribution in [2.24, 2.45) is 17.6 Å². The first-order chi connectivity index (χ1) is 29.8. The van der Waals surface area contributed by atoms with Crippen molar-refractivity contribution in [2.75, 3.05) is 25.1 Å². The summed E-state index contributed by atoms with van der Waals surface area (Å²) in [5.41, 5.74) is 5.49. The number of hydrogen-bond acceptors (Lipinski definition) is 10. The van der Waals surface area contributed by atoms with Gasteiger partial charge in [0, 0.05) is 12.1 Å². The molecule has 15 heteroatoms. The molecule has 4 aromatic carbocycles. The Morgan fingerprint density at radius 2 is 1.58 bits per heavy atom. The van der Waals surface area contributed by atoms with E-state index in [-0.39, 0.29) is 30.1 Å². The van der Waals surface area contributed by atoms with Crippen LogP contribution in [0.25, 0.3) is 0 Å². The second-order valence-electron chi connectivity index (χ2n) is 15.5. The van der Waals surface area contributed by atoms with E-state index in [4.69, 9.17) is 15.2 Å². The Balaban J connectivity index is 1.57. The lowest BCUT2D eigenvalue weighted by atomic mass is 9.65. The number of benzene rings is 4. The van der Waals surface area contributed by atoms with E-state index in [0.29, 0.717) is 22.3 Å². The Hall–Kier alpha value is -7.44. The molecule has 0 saturated carbocycles. The molecular formula is C47H46N6O9. The van der Waals surface area contributed by atoms with Crippen molar-refractivity contribution >= 4 is 41.5 Å². The number of fused-ring (bicyclic) bond motifs is 3. The van der Waals surface area contributed by atoms with Crippen molar-refractivity contribution in [3.8, 4) is 17.6 Å². The van der Waals surface area contributed by atoms with Gasteiger partial charge in [-0.2, -0.15) is 0 Å². The molecule has 0 radical (unpaired) electrons. The molecule has 3 heterocycles. The molecule has 6 N–H and O–H groups in total. The molecule has 0 aliphatic carbocycles. The van der Waals surface area contributed by atoms with E-state index in [0.717, 1.165) is 4.90 Å². The van der Waals surface area contributed by atoms with Crippen LogP contribution in [0.2, 0.25) is 0 Å². The Morgan fingerprint density at radius 3 is 2.19 bits per heavy atom. The highest BCUT2D eigenvalue weighted by Gasteiger charge is 2.75. The first-order valence-electron chi connectivity index (χ1n) is 20.0. The van der Waals surface area contributed by atoms with Crippen LogP contribution in [-0.2, 0) is 34.1 Å². The Kier molecular flexibility index (Phi) is 12.1. The highest BCUT2D eigenvalue weighted by molar-refractivity contribution is 6.25. The van der Waals surface area contributed by atoms with Gasteiger partial charge in [-0.15, -0.1) is 6.58 Å². The third kappa shape index (κ3) is 7.49. The molecule has 3 aliphatic heterocycles. The Morgan fingerprint density at radius 1 is 0.919 bits per heavy atom. The predicted octanol–water partition coefficient (Wildman–Crippen LogP) is 4.29. The fraction of sp³-hybridized carbons (Fsp3) is 0.277. The van der Waals surface area contributed by atoms with Crippen LogP contribution in [0, 0.1) is 23.7 Å². The number of nitrogens with one attached hydrogen (secondary N) is 3. The van der Waals surface area contributed by atoms with E-state index in [1.54, 1.807) is 38.1 Å². The van der Waals surface area contributed by atoms with Gasteiger partial charge in [-0.05, 0) is 58.5 Å². The minimum Gasteiger partial charge on any atom is -0.508 e. The van der Waals surface area contributed by atoms with E-state index in [1.807, 2.05) is 65.6 Å². The van der Waals surface area contributed by atoms with Crippen molar-refractivity contribution in [1.29, 1.82) is 0 Å². The number of urea groups is 2. The van der Waals surface area contributed by atoms with Crippen LogP contribution < -0.4 is 26.6 Å². The van der Waals surface area contributed by atoms with E-state index in [9.17, 15) is 19.5 Å². The number of nitrogens with zero attached hydrogens (tertiary/aromatic N) is 2. The van der Waals surface area contributed by atoms with Gasteiger partial charge in [0.1, 0.15) is 29.4 Å². The molecule has 0 bridgehead atoms. The zero-order valence-electron chi connectivity index (χ0n) is 34.2. The number of phenols is 1. The molecule has 15 nitrogen and oxygen atoms in total. The number of cyclic esters (lactones) is 1. The molecule has 1 spiro atoms. The van der Waals surface area contributed by atoms with Gasteiger partial charge < -0.3 is 36.3 Å². The van der Waals surface area contributed by atoms with E-state index < -0.39 is 83.3 Å². The zero-order valence-corrected chi connectivity index (χ0v) is 34.2. The van der Waals surface area contributed by atoms with Crippen LogP contribution in [0.5, 0.6) is 5.75 Å². The summed E-state index contributed by atoms with van der Waals surface area (Å²) in [4.78, 5) is 88.3. The summed E-state index contributed by atoms with van der Waals surface area (Å²) in [6.45, 7) is 7.02. The molecule has 2 fully saturated rings. The fourth-order valence-corrected chi connectivity index (χ4v) is 9.02. The van der Waals surface area contributed by atoms with Gasteiger partial charge >= 0.3 is 24.0 Å². The Bertz CT molecular complexity index is 2470. The number of imide groups is 1. The standard InChI is InChI=1S/C47H46N6O9/c1-5-24-49-41(55)35-38-43(57)62-39(30-16-10-7-11-17-30)37(29-14-8-6-9-15-29)53(38)40(31-19-21-32(54)22-20-31)47(35)33-26-28(13-12-25-50-45(48)59)18-23-34(33)52(44(47)58)46(60)51-36(27(2)3)42(56)61-4/h5-11,14-23,26-27,35-40,54H,1,24-25H2,2-4H3,(H,49,55)(H,51,60)(H3,48,50,59)/t35-,36+,37-,38-,39+,40+,47-/m1/s1. The summed E-state index contributed by atoms with van der Waals surface area (Å²) < 4.78 is 11.4. The maximum Gasteiger partial charge on any atom is 0.329 e. The van der Waals surface area contributed by atoms with Gasteiger partial charge in [-0.25, -0.2) is 19.3 Å². The molecule has 0 aromatic heterocycles. The lowest BCUT2D eigenvalue weighted by Gasteiger charge is -2.46.